The molecule has 0 spiro atoms. The van der Waals surface area contributed by atoms with E-state index >= 15 is 0 Å². The number of hydrogen-bond donors (Lipinski definition) is 1. The fraction of sp³-hybridized carbons (Fsp3) is 0.524. The van der Waals surface area contributed by atoms with E-state index in [-0.39, 0.29) is 30.6 Å². The summed E-state index contributed by atoms with van der Waals surface area (Å²) >= 11 is 0. The predicted octanol–water partition coefficient (Wildman–Crippen LogP) is 4.24. The number of piperidine rings is 1. The lowest BCUT2D eigenvalue weighted by molar-refractivity contribution is -0.176. The Hall–Kier alpha value is -1.82. The minimum absolute atomic E-state index is 0. The van der Waals surface area contributed by atoms with Crippen LogP contribution in [0.1, 0.15) is 30.5 Å². The van der Waals surface area contributed by atoms with Crippen LogP contribution in [0.3, 0.4) is 0 Å². The second-order valence-corrected chi connectivity index (χ2v) is 7.62. The maximum atomic E-state index is 12.2. The van der Waals surface area contributed by atoms with E-state index in [0.717, 1.165) is 31.0 Å². The summed E-state index contributed by atoms with van der Waals surface area (Å²) in [4.78, 5) is 10.8. The fourth-order valence-corrected chi connectivity index (χ4v) is 3.72. The molecule has 2 aromatic rings. The molecule has 31 heavy (non-hydrogen) atoms. The summed E-state index contributed by atoms with van der Waals surface area (Å²) in [6.45, 7) is 3.22. The number of ether oxygens (including phenoxy) is 1. The van der Waals surface area contributed by atoms with Gasteiger partial charge in [-0.3, -0.25) is 4.99 Å². The van der Waals surface area contributed by atoms with Gasteiger partial charge < -0.3 is 19.5 Å². The van der Waals surface area contributed by atoms with Crippen molar-refractivity contribution >= 4 is 29.9 Å². The predicted molar refractivity (Wildman–Crippen MR) is 124 cm³/mol. The summed E-state index contributed by atoms with van der Waals surface area (Å²) in [6.07, 6.45) is 2.38. The molecule has 1 fully saturated rings. The summed E-state index contributed by atoms with van der Waals surface area (Å²) in [5.74, 6) is 1.35. The standard InChI is InChI=1S/C21H28F3N5O.HI/c1-16-6-8-28(12-19(16)29-9-7-26-15-29)20(25-2)27-11-17-4-3-5-18(10-17)13-30-14-21(22,23)24;/h3-5,7,9-10,15-16,19H,6,8,11-14H2,1-2H3,(H,25,27);1H. The number of nitrogens with one attached hydrogen (secondary N) is 1. The first-order chi connectivity index (χ1) is 14.4. The number of guanidine groups is 1. The second kappa shape index (κ2) is 11.7. The largest absolute Gasteiger partial charge is 0.411 e. The second-order valence-electron chi connectivity index (χ2n) is 7.62. The number of halogens is 4. The number of nitrogens with zero attached hydrogens (tertiary/aromatic N) is 4. The van der Waals surface area contributed by atoms with Gasteiger partial charge in [0.25, 0.3) is 0 Å². The molecule has 1 saturated heterocycles. The first kappa shape index (κ1) is 25.4. The molecule has 2 atom stereocenters. The Morgan fingerprint density at radius 3 is 2.77 bits per heavy atom. The van der Waals surface area contributed by atoms with Gasteiger partial charge in [-0.25, -0.2) is 4.98 Å². The lowest BCUT2D eigenvalue weighted by atomic mass is 9.93. The van der Waals surface area contributed by atoms with Gasteiger partial charge >= 0.3 is 6.18 Å². The molecule has 6 nitrogen and oxygen atoms in total. The highest BCUT2D eigenvalue weighted by Crippen LogP contribution is 2.27. The monoisotopic (exact) mass is 551 g/mol. The normalized spacial score (nSPS) is 19.8. The quantitative estimate of drug-likeness (QED) is 0.332. The zero-order valence-corrected chi connectivity index (χ0v) is 20.0. The van der Waals surface area contributed by atoms with Crippen LogP contribution in [0.25, 0.3) is 0 Å². The van der Waals surface area contributed by atoms with Gasteiger partial charge in [0, 0.05) is 39.1 Å². The summed E-state index contributed by atoms with van der Waals surface area (Å²) in [5, 5.41) is 3.37. The zero-order chi connectivity index (χ0) is 21.6. The molecule has 0 aliphatic carbocycles. The maximum Gasteiger partial charge on any atom is 0.411 e. The average Bonchev–Trinajstić information content (AvgIpc) is 3.23. The van der Waals surface area contributed by atoms with E-state index in [9.17, 15) is 13.2 Å². The third kappa shape index (κ3) is 7.67. The molecule has 2 heterocycles. The van der Waals surface area contributed by atoms with Gasteiger partial charge in [-0.15, -0.1) is 24.0 Å². The van der Waals surface area contributed by atoms with Crippen LogP contribution < -0.4 is 5.32 Å². The lowest BCUT2D eigenvalue weighted by Crippen LogP contribution is -2.48. The average molecular weight is 551 g/mol. The molecule has 1 aromatic heterocycles. The van der Waals surface area contributed by atoms with Gasteiger partial charge in [0.05, 0.1) is 19.0 Å². The lowest BCUT2D eigenvalue weighted by Gasteiger charge is -2.39. The van der Waals surface area contributed by atoms with Crippen LogP contribution in [-0.4, -0.2) is 53.3 Å². The van der Waals surface area contributed by atoms with Gasteiger partial charge in [-0.1, -0.05) is 31.2 Å². The Morgan fingerprint density at radius 2 is 2.10 bits per heavy atom. The highest BCUT2D eigenvalue weighted by molar-refractivity contribution is 14.0. The van der Waals surface area contributed by atoms with Crippen LogP contribution in [0.15, 0.2) is 48.0 Å². The molecule has 10 heteroatoms. The fourth-order valence-electron chi connectivity index (χ4n) is 3.72. The van der Waals surface area contributed by atoms with Crippen molar-refractivity contribution in [3.8, 4) is 0 Å². The van der Waals surface area contributed by atoms with Crippen LogP contribution in [-0.2, 0) is 17.9 Å². The summed E-state index contributed by atoms with van der Waals surface area (Å²) < 4.78 is 43.6. The first-order valence-electron chi connectivity index (χ1n) is 10.0. The third-order valence-corrected chi connectivity index (χ3v) is 5.31. The van der Waals surface area contributed by atoms with Crippen LogP contribution in [0, 0.1) is 5.92 Å². The number of imidazole rings is 1. The smallest absolute Gasteiger partial charge is 0.367 e. The van der Waals surface area contributed by atoms with E-state index in [1.165, 1.54) is 0 Å². The van der Waals surface area contributed by atoms with Crippen molar-refractivity contribution in [3.63, 3.8) is 0 Å². The Kier molecular flexibility index (Phi) is 9.60. The number of rotatable bonds is 6. The Labute approximate surface area is 197 Å². The van der Waals surface area contributed by atoms with Crippen molar-refractivity contribution in [2.75, 3.05) is 26.7 Å². The van der Waals surface area contributed by atoms with E-state index in [1.54, 1.807) is 19.3 Å². The number of alkyl halides is 3. The van der Waals surface area contributed by atoms with Crippen molar-refractivity contribution in [2.24, 2.45) is 10.9 Å². The summed E-state index contributed by atoms with van der Waals surface area (Å²) in [7, 11) is 1.76. The minimum Gasteiger partial charge on any atom is -0.367 e. The highest BCUT2D eigenvalue weighted by atomic mass is 127. The number of hydrogen-bond acceptors (Lipinski definition) is 3. The van der Waals surface area contributed by atoms with E-state index in [1.807, 2.05) is 30.7 Å². The van der Waals surface area contributed by atoms with Crippen LogP contribution in [0.4, 0.5) is 13.2 Å². The molecule has 0 bridgehead atoms. The third-order valence-electron chi connectivity index (χ3n) is 5.31. The molecule has 1 aromatic carbocycles. The molecule has 2 unspecified atom stereocenters. The van der Waals surface area contributed by atoms with E-state index in [4.69, 9.17) is 4.74 Å². The van der Waals surface area contributed by atoms with Crippen molar-refractivity contribution in [1.29, 1.82) is 0 Å². The molecule has 0 saturated carbocycles. The Bertz CT molecular complexity index is 829. The van der Waals surface area contributed by atoms with Crippen LogP contribution in [0.5, 0.6) is 0 Å². The Balaban J connectivity index is 0.00000341. The number of aliphatic imine (C=N–C) groups is 1. The van der Waals surface area contributed by atoms with Crippen molar-refractivity contribution in [1.82, 2.24) is 19.8 Å². The summed E-state index contributed by atoms with van der Waals surface area (Å²) in [6, 6.07) is 7.69. The van der Waals surface area contributed by atoms with Crippen molar-refractivity contribution < 1.29 is 17.9 Å². The topological polar surface area (TPSA) is 54.7 Å². The maximum absolute atomic E-state index is 12.2. The summed E-state index contributed by atoms with van der Waals surface area (Å²) in [5.41, 5.74) is 1.67. The SMILES string of the molecule is CN=C(NCc1cccc(COCC(F)(F)F)c1)N1CCC(C)C(n2ccnc2)C1.I. The van der Waals surface area contributed by atoms with Crippen molar-refractivity contribution in [2.45, 2.75) is 38.7 Å². The van der Waals surface area contributed by atoms with Crippen molar-refractivity contribution in [3.05, 3.63) is 54.1 Å². The van der Waals surface area contributed by atoms with E-state index in [0.29, 0.717) is 24.1 Å². The molecule has 1 aliphatic heterocycles. The molecular formula is C21H29F3IN5O. The molecule has 0 amide bonds. The molecule has 0 radical (unpaired) electrons. The molecule has 3 rings (SSSR count). The minimum atomic E-state index is -4.31. The molecular weight excluding hydrogens is 522 g/mol. The molecule has 172 valence electrons. The van der Waals surface area contributed by atoms with Gasteiger partial charge in [0.15, 0.2) is 5.96 Å². The van der Waals surface area contributed by atoms with Crippen LogP contribution >= 0.6 is 24.0 Å². The first-order valence-corrected chi connectivity index (χ1v) is 10.0. The van der Waals surface area contributed by atoms with E-state index in [2.05, 4.69) is 31.7 Å². The van der Waals surface area contributed by atoms with Gasteiger partial charge in [-0.05, 0) is 23.5 Å². The van der Waals surface area contributed by atoms with Gasteiger partial charge in [-0.2, -0.15) is 13.2 Å². The highest BCUT2D eigenvalue weighted by Gasteiger charge is 2.29. The molecule has 1 N–H and O–H groups in total. The van der Waals surface area contributed by atoms with Gasteiger partial charge in [0.1, 0.15) is 6.61 Å². The number of benzene rings is 1. The van der Waals surface area contributed by atoms with E-state index < -0.39 is 12.8 Å². The number of aromatic nitrogens is 2. The van der Waals surface area contributed by atoms with Crippen LogP contribution in [0.2, 0.25) is 0 Å². The number of likely N-dealkylation sites (tertiary alicyclic amines) is 1. The molecule has 1 aliphatic rings. The zero-order valence-electron chi connectivity index (χ0n) is 17.7. The van der Waals surface area contributed by atoms with Gasteiger partial charge in [0.2, 0.25) is 0 Å². The Morgan fingerprint density at radius 1 is 1.32 bits per heavy atom.